The number of nitrogens with zero attached hydrogens (tertiary/aromatic N) is 2. The minimum atomic E-state index is -0.121. The van der Waals surface area contributed by atoms with E-state index in [1.54, 1.807) is 0 Å². The van der Waals surface area contributed by atoms with Crippen LogP contribution in [-0.2, 0) is 10.8 Å². The second-order valence-corrected chi connectivity index (χ2v) is 17.2. The van der Waals surface area contributed by atoms with Gasteiger partial charge in [-0.15, -0.1) is 0 Å². The Morgan fingerprint density at radius 1 is 0.691 bits per heavy atom. The molecule has 1 aliphatic carbocycles. The molecule has 2 nitrogen and oxygen atoms in total. The Kier molecular flexibility index (Phi) is 10.1. The topological polar surface area (TPSA) is 6.25 Å². The number of allylic oxidation sites excluding steroid dienone is 8. The summed E-state index contributed by atoms with van der Waals surface area (Å²) in [6, 6.07) is 38.5. The van der Waals surface area contributed by atoms with Crippen LogP contribution in [0.1, 0.15) is 104 Å². The molecule has 280 valence electrons. The Bertz CT molecular complexity index is 2410. The maximum atomic E-state index is 2.63. The molecule has 0 aromatic heterocycles. The maximum Gasteiger partial charge on any atom is 0.210 e. The minimum absolute atomic E-state index is 0.117. The zero-order chi connectivity index (χ0) is 38.3. The molecule has 0 radical (unpaired) electrons. The number of benzene rings is 5. The lowest BCUT2D eigenvalue weighted by molar-refractivity contribution is -0.438. The lowest BCUT2D eigenvalue weighted by Gasteiger charge is -2.29. The van der Waals surface area contributed by atoms with E-state index in [1.165, 1.54) is 103 Å². The van der Waals surface area contributed by atoms with Crippen molar-refractivity contribution in [1.29, 1.82) is 0 Å². The molecule has 0 fully saturated rings. The maximum absolute atomic E-state index is 2.63. The van der Waals surface area contributed by atoms with Crippen LogP contribution in [-0.4, -0.2) is 23.4 Å². The molecule has 2 aliphatic heterocycles. The smallest absolute Gasteiger partial charge is 0.210 e. The van der Waals surface area contributed by atoms with E-state index in [1.807, 2.05) is 0 Å². The third kappa shape index (κ3) is 6.42. The number of rotatable bonds is 10. The molecular weight excluding hydrogens is 665 g/mol. The van der Waals surface area contributed by atoms with Crippen molar-refractivity contribution in [2.24, 2.45) is 5.92 Å². The molecule has 0 spiro atoms. The molecule has 2 heteroatoms. The number of fused-ring (bicyclic) bond motifs is 6. The van der Waals surface area contributed by atoms with E-state index >= 15 is 0 Å². The Morgan fingerprint density at radius 3 is 2.05 bits per heavy atom. The van der Waals surface area contributed by atoms with Crippen molar-refractivity contribution < 1.29 is 4.58 Å². The monoisotopic (exact) mass is 723 g/mol. The fraction of sp³-hybridized carbons (Fsp3) is 0.340. The van der Waals surface area contributed by atoms with Crippen molar-refractivity contribution in [3.05, 3.63) is 161 Å². The predicted octanol–water partition coefficient (Wildman–Crippen LogP) is 14.0. The van der Waals surface area contributed by atoms with Crippen molar-refractivity contribution in [3.63, 3.8) is 0 Å². The summed E-state index contributed by atoms with van der Waals surface area (Å²) in [5, 5.41) is 5.40. The fourth-order valence-electron chi connectivity index (χ4n) is 9.99. The average Bonchev–Trinajstić information content (AvgIpc) is 3.56. The van der Waals surface area contributed by atoms with Gasteiger partial charge in [-0.05, 0) is 107 Å². The van der Waals surface area contributed by atoms with Crippen molar-refractivity contribution in [2.45, 2.75) is 97.8 Å². The van der Waals surface area contributed by atoms with E-state index in [-0.39, 0.29) is 10.8 Å². The first kappa shape index (κ1) is 37.0. The quantitative estimate of drug-likeness (QED) is 0.130. The highest BCUT2D eigenvalue weighted by molar-refractivity contribution is 6.08. The molecule has 0 saturated heterocycles. The highest BCUT2D eigenvalue weighted by atomic mass is 15.2. The minimum Gasteiger partial charge on any atom is -0.344 e. The third-order valence-electron chi connectivity index (χ3n) is 12.9. The molecule has 0 bridgehead atoms. The van der Waals surface area contributed by atoms with Crippen molar-refractivity contribution >= 4 is 44.2 Å². The average molecular weight is 724 g/mol. The van der Waals surface area contributed by atoms with Gasteiger partial charge in [0.25, 0.3) is 0 Å². The van der Waals surface area contributed by atoms with E-state index in [0.717, 1.165) is 25.9 Å². The summed E-state index contributed by atoms with van der Waals surface area (Å²) in [4.78, 5) is 2.63. The van der Waals surface area contributed by atoms with Crippen LogP contribution in [0.4, 0.5) is 11.4 Å². The standard InChI is InChI=1S/C53H59N2/c1-8-10-35-54-45-31-27-38-19-15-17-23-43(38)50(45)52(4,5)47(54)33-29-41-26-25-37(3)42(49(41)40-21-13-12-14-22-40)30-34-48-53(6,7)51-44-24-18-16-20-39(44)28-32-46(51)55(48)36-11-9-2/h12-24,27-34,37H,8-11,25-26,35-36H2,1-7H3/q+1. The summed E-state index contributed by atoms with van der Waals surface area (Å²) >= 11 is 0. The van der Waals surface area contributed by atoms with Crippen LogP contribution in [0.3, 0.4) is 0 Å². The van der Waals surface area contributed by atoms with Crippen molar-refractivity contribution in [2.75, 3.05) is 18.0 Å². The second-order valence-electron chi connectivity index (χ2n) is 17.2. The van der Waals surface area contributed by atoms with Crippen molar-refractivity contribution in [1.82, 2.24) is 0 Å². The molecule has 0 N–H and O–H groups in total. The number of hydrogen-bond acceptors (Lipinski definition) is 1. The molecule has 1 unspecified atom stereocenters. The first-order chi connectivity index (χ1) is 26.7. The summed E-state index contributed by atoms with van der Waals surface area (Å²) in [5.74, 6) is 0.452. The van der Waals surface area contributed by atoms with E-state index < -0.39 is 0 Å². The van der Waals surface area contributed by atoms with Gasteiger partial charge in [0.15, 0.2) is 5.71 Å². The zero-order valence-electron chi connectivity index (χ0n) is 34.3. The number of anilines is 1. The van der Waals surface area contributed by atoms with E-state index in [9.17, 15) is 0 Å². The van der Waals surface area contributed by atoms with Crippen molar-refractivity contribution in [3.8, 4) is 0 Å². The van der Waals surface area contributed by atoms with Crippen LogP contribution in [0.2, 0.25) is 0 Å². The highest BCUT2D eigenvalue weighted by Gasteiger charge is 2.45. The van der Waals surface area contributed by atoms with Gasteiger partial charge in [0.05, 0.1) is 5.41 Å². The van der Waals surface area contributed by atoms with E-state index in [2.05, 4.69) is 185 Å². The molecule has 5 aromatic rings. The van der Waals surface area contributed by atoms with Crippen LogP contribution in [0.15, 0.2) is 144 Å². The molecule has 1 atom stereocenters. The largest absolute Gasteiger partial charge is 0.344 e. The van der Waals surface area contributed by atoms with Gasteiger partial charge in [-0.2, -0.15) is 4.58 Å². The second kappa shape index (κ2) is 14.9. The molecule has 0 saturated carbocycles. The van der Waals surface area contributed by atoms with Gasteiger partial charge < -0.3 is 4.90 Å². The molecule has 3 aliphatic rings. The molecule has 5 aromatic carbocycles. The lowest BCUT2D eigenvalue weighted by Crippen LogP contribution is -2.28. The van der Waals surface area contributed by atoms with Gasteiger partial charge in [-0.25, -0.2) is 0 Å². The van der Waals surface area contributed by atoms with Crippen LogP contribution in [0.25, 0.3) is 27.1 Å². The Morgan fingerprint density at radius 2 is 1.35 bits per heavy atom. The predicted molar refractivity (Wildman–Crippen MR) is 238 cm³/mol. The normalized spacial score (nSPS) is 20.5. The van der Waals surface area contributed by atoms with Crippen LogP contribution >= 0.6 is 0 Å². The molecule has 8 rings (SSSR count). The molecular formula is C53H59N2+. The number of unbranched alkanes of at least 4 members (excludes halogenated alkanes) is 2. The Hall–Kier alpha value is -4.95. The molecule has 2 heterocycles. The number of hydrogen-bond donors (Lipinski definition) is 0. The zero-order valence-corrected chi connectivity index (χ0v) is 34.3. The summed E-state index contributed by atoms with van der Waals surface area (Å²) in [7, 11) is 0. The molecule has 55 heavy (non-hydrogen) atoms. The van der Waals surface area contributed by atoms with Crippen LogP contribution in [0, 0.1) is 5.92 Å². The van der Waals surface area contributed by atoms with Gasteiger partial charge in [-0.1, -0.05) is 145 Å². The summed E-state index contributed by atoms with van der Waals surface area (Å²) in [6.45, 7) is 18.9. The molecule has 0 amide bonds. The third-order valence-corrected chi connectivity index (χ3v) is 12.9. The van der Waals surface area contributed by atoms with Gasteiger partial charge >= 0.3 is 0 Å². The van der Waals surface area contributed by atoms with Crippen LogP contribution < -0.4 is 4.90 Å². The van der Waals surface area contributed by atoms with Gasteiger partial charge in [0.2, 0.25) is 5.69 Å². The lowest BCUT2D eigenvalue weighted by atomic mass is 9.76. The highest BCUT2D eigenvalue weighted by Crippen LogP contribution is 2.51. The first-order valence-electron chi connectivity index (χ1n) is 21.0. The first-order valence-corrected chi connectivity index (χ1v) is 21.0. The van der Waals surface area contributed by atoms with E-state index in [0.29, 0.717) is 5.92 Å². The SMILES string of the molecule is CCCCN1/C(=C/C=C2C(c3ccccc3)=C(/C=C/C3=[N+](CCCC)c4ccc5ccccc5c4C3(C)C)CCC/2C)C(C)(C)c2c1ccc1ccccc21. The Balaban J connectivity index is 1.27. The van der Waals surface area contributed by atoms with Gasteiger partial charge in [0.1, 0.15) is 6.54 Å². The van der Waals surface area contributed by atoms with E-state index in [4.69, 9.17) is 0 Å². The summed E-state index contributed by atoms with van der Waals surface area (Å²) in [6.07, 6.45) is 16.9. The van der Waals surface area contributed by atoms with Gasteiger partial charge in [0, 0.05) is 47.5 Å². The van der Waals surface area contributed by atoms with Crippen LogP contribution in [0.5, 0.6) is 0 Å². The van der Waals surface area contributed by atoms with Gasteiger partial charge in [-0.3, -0.25) is 0 Å². The summed E-state index contributed by atoms with van der Waals surface area (Å²) in [5.41, 5.74) is 13.9. The Labute approximate surface area is 330 Å². The fourth-order valence-corrected chi connectivity index (χ4v) is 9.99. The summed E-state index contributed by atoms with van der Waals surface area (Å²) < 4.78 is 2.63.